The van der Waals surface area contributed by atoms with E-state index in [2.05, 4.69) is 4.98 Å². The molecule has 1 aliphatic heterocycles. The molecular weight excluding hydrogens is 332 g/mol. The van der Waals surface area contributed by atoms with Gasteiger partial charge in [0.2, 0.25) is 5.78 Å². The number of hydrogen-bond donors (Lipinski definition) is 0. The van der Waals surface area contributed by atoms with Crippen LogP contribution in [0.3, 0.4) is 0 Å². The van der Waals surface area contributed by atoms with E-state index in [4.69, 9.17) is 4.74 Å². The van der Waals surface area contributed by atoms with Gasteiger partial charge in [0.25, 0.3) is 0 Å². The van der Waals surface area contributed by atoms with Crippen LogP contribution in [0.5, 0.6) is 0 Å². The van der Waals surface area contributed by atoms with Gasteiger partial charge in [-0.1, -0.05) is 12.1 Å². The van der Waals surface area contributed by atoms with Gasteiger partial charge in [0.15, 0.2) is 5.01 Å². The first-order chi connectivity index (χ1) is 10.8. The van der Waals surface area contributed by atoms with Crippen molar-refractivity contribution in [3.05, 3.63) is 29.3 Å². The topological polar surface area (TPSA) is 59.5 Å². The number of amides is 1. The number of Topliss-reactive ketones (excluding diaryl/α,β-unsaturated/α-hetero) is 1. The van der Waals surface area contributed by atoms with E-state index in [1.165, 1.54) is 16.2 Å². The summed E-state index contributed by atoms with van der Waals surface area (Å²) >= 11 is 2.93. The highest BCUT2D eigenvalue weighted by atomic mass is 32.2. The third kappa shape index (κ3) is 3.50. The number of carbonyl (C=O) groups excluding carboxylic acids is 2. The lowest BCUT2D eigenvalue weighted by atomic mass is 10.2. The largest absolute Gasteiger partial charge is 0.444 e. The van der Waals surface area contributed by atoms with E-state index >= 15 is 0 Å². The van der Waals surface area contributed by atoms with Crippen LogP contribution in [-0.4, -0.2) is 45.0 Å². The molecule has 1 amide bonds. The van der Waals surface area contributed by atoms with E-state index in [0.29, 0.717) is 16.6 Å². The van der Waals surface area contributed by atoms with Crippen molar-refractivity contribution < 1.29 is 14.3 Å². The highest BCUT2D eigenvalue weighted by Gasteiger charge is 2.38. The predicted octanol–water partition coefficient (Wildman–Crippen LogP) is 3.79. The Hall–Kier alpha value is -1.60. The average molecular weight is 350 g/mol. The van der Waals surface area contributed by atoms with Gasteiger partial charge in [-0.25, -0.2) is 9.78 Å². The second-order valence-electron chi connectivity index (χ2n) is 6.32. The summed E-state index contributed by atoms with van der Waals surface area (Å²) in [5, 5.41) is 0.451. The van der Waals surface area contributed by atoms with Crippen LogP contribution in [0.1, 0.15) is 30.6 Å². The Morgan fingerprint density at radius 3 is 2.74 bits per heavy atom. The highest BCUT2D eigenvalue weighted by Crippen LogP contribution is 2.29. The number of para-hydroxylation sites is 1. The van der Waals surface area contributed by atoms with Crippen molar-refractivity contribution in [3.8, 4) is 0 Å². The van der Waals surface area contributed by atoms with Crippen LogP contribution in [-0.2, 0) is 4.74 Å². The van der Waals surface area contributed by atoms with Crippen LogP contribution in [0.25, 0.3) is 10.2 Å². The van der Waals surface area contributed by atoms with Crippen LogP contribution in [0, 0.1) is 0 Å². The van der Waals surface area contributed by atoms with Gasteiger partial charge in [0, 0.05) is 5.75 Å². The number of carbonyl (C=O) groups is 2. The maximum absolute atomic E-state index is 12.8. The fraction of sp³-hybridized carbons (Fsp3) is 0.438. The summed E-state index contributed by atoms with van der Waals surface area (Å²) in [6, 6.07) is 7.15. The number of hydrogen-bond acceptors (Lipinski definition) is 6. The molecule has 0 unspecified atom stereocenters. The summed E-state index contributed by atoms with van der Waals surface area (Å²) in [6.45, 7) is 5.45. The number of nitrogens with zero attached hydrogens (tertiary/aromatic N) is 2. The lowest BCUT2D eigenvalue weighted by molar-refractivity contribution is 0.0235. The van der Waals surface area contributed by atoms with Gasteiger partial charge in [-0.2, -0.15) is 0 Å². The lowest BCUT2D eigenvalue weighted by Crippen LogP contribution is -2.44. The standard InChI is InChI=1S/C16H18N2O3S2/c1-16(2,3)21-15(20)18-9-22-8-11(18)13(19)14-17-10-6-4-5-7-12(10)23-14/h4-7,11H,8-9H2,1-3H3/t11-/m0/s1. The Labute approximate surface area is 143 Å². The molecule has 23 heavy (non-hydrogen) atoms. The lowest BCUT2D eigenvalue weighted by Gasteiger charge is -2.26. The predicted molar refractivity (Wildman–Crippen MR) is 93.1 cm³/mol. The molecule has 7 heteroatoms. The zero-order valence-corrected chi connectivity index (χ0v) is 14.9. The minimum atomic E-state index is -0.576. The van der Waals surface area contributed by atoms with E-state index in [9.17, 15) is 9.59 Å². The molecule has 1 saturated heterocycles. The Morgan fingerprint density at radius 2 is 2.04 bits per heavy atom. The number of aromatic nitrogens is 1. The summed E-state index contributed by atoms with van der Waals surface area (Å²) in [7, 11) is 0. The molecule has 2 aromatic rings. The molecule has 0 aliphatic carbocycles. The first-order valence-corrected chi connectivity index (χ1v) is 9.29. The molecule has 1 aliphatic rings. The van der Waals surface area contributed by atoms with Crippen molar-refractivity contribution in [2.45, 2.75) is 32.4 Å². The monoisotopic (exact) mass is 350 g/mol. The van der Waals surface area contributed by atoms with Crippen molar-refractivity contribution in [1.82, 2.24) is 9.88 Å². The SMILES string of the molecule is CC(C)(C)OC(=O)N1CSC[C@H]1C(=O)c1nc2ccccc2s1. The number of ketones is 1. The fourth-order valence-electron chi connectivity index (χ4n) is 2.28. The van der Waals surface area contributed by atoms with Gasteiger partial charge in [-0.15, -0.1) is 23.1 Å². The number of benzene rings is 1. The Balaban J connectivity index is 1.81. The van der Waals surface area contributed by atoms with E-state index in [1.54, 1.807) is 11.8 Å². The molecule has 0 radical (unpaired) electrons. The molecule has 0 N–H and O–H groups in total. The van der Waals surface area contributed by atoms with Gasteiger partial charge in [0.1, 0.15) is 11.6 Å². The van der Waals surface area contributed by atoms with Crippen molar-refractivity contribution in [2.75, 3.05) is 11.6 Å². The molecule has 1 fully saturated rings. The average Bonchev–Trinajstić information content (AvgIpc) is 3.11. The van der Waals surface area contributed by atoms with Crippen molar-refractivity contribution in [1.29, 1.82) is 0 Å². The summed E-state index contributed by atoms with van der Waals surface area (Å²) < 4.78 is 6.38. The Bertz CT molecular complexity index is 718. The van der Waals surface area contributed by atoms with E-state index in [1.807, 2.05) is 45.0 Å². The molecular formula is C16H18N2O3S2. The molecule has 1 atom stereocenters. The number of rotatable bonds is 2. The van der Waals surface area contributed by atoms with Crippen molar-refractivity contribution in [2.24, 2.45) is 0 Å². The number of thiazole rings is 1. The van der Waals surface area contributed by atoms with Gasteiger partial charge in [0.05, 0.1) is 16.1 Å². The zero-order valence-electron chi connectivity index (χ0n) is 13.2. The smallest absolute Gasteiger partial charge is 0.411 e. The maximum Gasteiger partial charge on any atom is 0.411 e. The van der Waals surface area contributed by atoms with Crippen molar-refractivity contribution in [3.63, 3.8) is 0 Å². The van der Waals surface area contributed by atoms with Crippen LogP contribution in [0.2, 0.25) is 0 Å². The molecule has 3 rings (SSSR count). The number of fused-ring (bicyclic) bond motifs is 1. The van der Waals surface area contributed by atoms with Gasteiger partial charge in [-0.05, 0) is 32.9 Å². The summed E-state index contributed by atoms with van der Waals surface area (Å²) in [6.07, 6.45) is -0.443. The van der Waals surface area contributed by atoms with E-state index in [-0.39, 0.29) is 5.78 Å². The normalized spacial score (nSPS) is 18.4. The minimum absolute atomic E-state index is 0.109. The van der Waals surface area contributed by atoms with Gasteiger partial charge in [-0.3, -0.25) is 9.69 Å². The highest BCUT2D eigenvalue weighted by molar-refractivity contribution is 7.99. The zero-order chi connectivity index (χ0) is 16.6. The molecule has 0 bridgehead atoms. The molecule has 5 nitrogen and oxygen atoms in total. The Kier molecular flexibility index (Phi) is 4.33. The molecule has 0 saturated carbocycles. The Morgan fingerprint density at radius 1 is 1.30 bits per heavy atom. The quantitative estimate of drug-likeness (QED) is 0.771. The van der Waals surface area contributed by atoms with Crippen molar-refractivity contribution >= 4 is 45.2 Å². The first kappa shape index (κ1) is 16.3. The van der Waals surface area contributed by atoms with Crippen LogP contribution < -0.4 is 0 Å². The number of ether oxygens (including phenoxy) is 1. The maximum atomic E-state index is 12.8. The minimum Gasteiger partial charge on any atom is -0.444 e. The van der Waals surface area contributed by atoms with E-state index in [0.717, 1.165) is 10.2 Å². The molecule has 0 spiro atoms. The van der Waals surface area contributed by atoms with Crippen LogP contribution in [0.15, 0.2) is 24.3 Å². The van der Waals surface area contributed by atoms with Crippen LogP contribution in [0.4, 0.5) is 4.79 Å². The fourth-order valence-corrected chi connectivity index (χ4v) is 4.38. The number of thioether (sulfide) groups is 1. The second kappa shape index (κ2) is 6.13. The first-order valence-electron chi connectivity index (χ1n) is 7.32. The summed E-state index contributed by atoms with van der Waals surface area (Å²) in [5.41, 5.74) is 0.240. The van der Waals surface area contributed by atoms with E-state index < -0.39 is 17.7 Å². The summed E-state index contributed by atoms with van der Waals surface area (Å²) in [5.74, 6) is 0.937. The molecule has 1 aromatic carbocycles. The molecule has 2 heterocycles. The van der Waals surface area contributed by atoms with Gasteiger partial charge >= 0.3 is 6.09 Å². The second-order valence-corrected chi connectivity index (χ2v) is 8.35. The molecule has 1 aromatic heterocycles. The third-order valence-corrected chi connectivity index (χ3v) is 5.38. The third-order valence-electron chi connectivity index (χ3n) is 3.32. The molecule has 122 valence electrons. The summed E-state index contributed by atoms with van der Waals surface area (Å²) in [4.78, 5) is 31.0. The van der Waals surface area contributed by atoms with Crippen LogP contribution >= 0.6 is 23.1 Å². The van der Waals surface area contributed by atoms with Gasteiger partial charge < -0.3 is 4.74 Å².